The van der Waals surface area contributed by atoms with E-state index in [1.165, 1.54) is 4.90 Å². The van der Waals surface area contributed by atoms with Gasteiger partial charge in [0.2, 0.25) is 0 Å². The van der Waals surface area contributed by atoms with Crippen LogP contribution in [0.4, 0.5) is 19.6 Å². The Kier molecular flexibility index (Phi) is 4.28. The number of ether oxygens (including phenoxy) is 1. The van der Waals surface area contributed by atoms with Crippen LogP contribution in [-0.4, -0.2) is 30.5 Å². The zero-order valence-corrected chi connectivity index (χ0v) is 10.2. The molecule has 1 heterocycles. The average Bonchev–Trinajstić information content (AvgIpc) is 2.46. The molecule has 0 fully saturated rings. The van der Waals surface area contributed by atoms with Crippen LogP contribution in [0.25, 0.3) is 0 Å². The van der Waals surface area contributed by atoms with E-state index >= 15 is 0 Å². The van der Waals surface area contributed by atoms with E-state index in [9.17, 15) is 8.78 Å². The maximum Gasteiger partial charge on any atom is 0.255 e. The number of alkyl halides is 2. The second-order valence-corrected chi connectivity index (χ2v) is 4.39. The first-order chi connectivity index (χ1) is 7.41. The summed E-state index contributed by atoms with van der Waals surface area (Å²) in [5, 5.41) is 0.534. The Morgan fingerprint density at radius 1 is 1.50 bits per heavy atom. The van der Waals surface area contributed by atoms with Crippen LogP contribution in [0.15, 0.2) is 0 Å². The Balaban J connectivity index is 2.86. The van der Waals surface area contributed by atoms with Gasteiger partial charge in [0.1, 0.15) is 0 Å². The van der Waals surface area contributed by atoms with Gasteiger partial charge in [-0.15, -0.1) is 0 Å². The third kappa shape index (κ3) is 3.19. The lowest BCUT2D eigenvalue weighted by Gasteiger charge is -2.19. The molecule has 0 bridgehead atoms. The fraction of sp³-hybridized carbons (Fsp3) is 0.667. The average molecular weight is 251 g/mol. The van der Waals surface area contributed by atoms with Crippen molar-refractivity contribution in [2.45, 2.75) is 26.4 Å². The number of hydrogen-bond acceptors (Lipinski definition) is 5. The lowest BCUT2D eigenvalue weighted by molar-refractivity contribution is 0.156. The molecule has 0 aliphatic rings. The molecular formula is C9H15F2N3OS. The van der Waals surface area contributed by atoms with Gasteiger partial charge >= 0.3 is 0 Å². The van der Waals surface area contributed by atoms with E-state index in [1.54, 1.807) is 7.05 Å². The Bertz CT molecular complexity index is 343. The number of nitrogens with two attached hydrogens (primary N) is 1. The van der Waals surface area contributed by atoms with Crippen molar-refractivity contribution >= 4 is 22.4 Å². The standard InChI is InChI=1S/C9H15F2N3OS/c1-5(2)15-7-8(12)13-16-9(7)14(3)4-6(10)11/h5-6H,4H2,1-3H3,(H2,12,13). The van der Waals surface area contributed by atoms with Gasteiger partial charge in [-0.3, -0.25) is 0 Å². The van der Waals surface area contributed by atoms with Gasteiger partial charge in [0.15, 0.2) is 16.6 Å². The highest BCUT2D eigenvalue weighted by Crippen LogP contribution is 2.38. The molecule has 0 radical (unpaired) electrons. The lowest BCUT2D eigenvalue weighted by Crippen LogP contribution is -2.24. The van der Waals surface area contributed by atoms with Crippen LogP contribution in [0.2, 0.25) is 0 Å². The molecule has 0 amide bonds. The van der Waals surface area contributed by atoms with Crippen molar-refractivity contribution in [1.82, 2.24) is 4.37 Å². The minimum atomic E-state index is -2.40. The Morgan fingerprint density at radius 2 is 2.12 bits per heavy atom. The summed E-state index contributed by atoms with van der Waals surface area (Å²) in [5.41, 5.74) is 5.62. The highest BCUT2D eigenvalue weighted by atomic mass is 32.1. The smallest absolute Gasteiger partial charge is 0.255 e. The first-order valence-electron chi connectivity index (χ1n) is 4.83. The SMILES string of the molecule is CC(C)Oc1c(N)nsc1N(C)CC(F)F. The zero-order chi connectivity index (χ0) is 12.3. The molecule has 0 aromatic carbocycles. The molecule has 16 heavy (non-hydrogen) atoms. The van der Waals surface area contributed by atoms with Crippen LogP contribution in [0.1, 0.15) is 13.8 Å². The predicted octanol–water partition coefficient (Wildman–Crippen LogP) is 2.21. The van der Waals surface area contributed by atoms with Crippen molar-refractivity contribution in [3.63, 3.8) is 0 Å². The molecule has 2 N–H and O–H groups in total. The molecule has 7 heteroatoms. The molecule has 0 aliphatic carbocycles. The number of halogens is 2. The molecule has 0 atom stereocenters. The van der Waals surface area contributed by atoms with E-state index in [0.717, 1.165) is 11.5 Å². The van der Waals surface area contributed by atoms with Gasteiger partial charge in [0.25, 0.3) is 6.43 Å². The first-order valence-corrected chi connectivity index (χ1v) is 5.60. The summed E-state index contributed by atoms with van der Waals surface area (Å²) >= 11 is 1.06. The van der Waals surface area contributed by atoms with Gasteiger partial charge in [-0.1, -0.05) is 0 Å². The van der Waals surface area contributed by atoms with Crippen molar-refractivity contribution in [2.75, 3.05) is 24.2 Å². The maximum absolute atomic E-state index is 12.2. The van der Waals surface area contributed by atoms with Crippen LogP contribution in [0.5, 0.6) is 5.75 Å². The van der Waals surface area contributed by atoms with Gasteiger partial charge in [0.05, 0.1) is 12.6 Å². The van der Waals surface area contributed by atoms with E-state index in [0.29, 0.717) is 10.8 Å². The van der Waals surface area contributed by atoms with Gasteiger partial charge in [-0.25, -0.2) is 8.78 Å². The summed E-state index contributed by atoms with van der Waals surface area (Å²) in [6.07, 6.45) is -2.47. The van der Waals surface area contributed by atoms with Crippen molar-refractivity contribution in [3.05, 3.63) is 0 Å². The summed E-state index contributed by atoms with van der Waals surface area (Å²) in [5.74, 6) is 0.637. The van der Waals surface area contributed by atoms with Crippen molar-refractivity contribution in [1.29, 1.82) is 0 Å². The number of nitrogens with zero attached hydrogens (tertiary/aromatic N) is 2. The highest BCUT2D eigenvalue weighted by molar-refractivity contribution is 7.11. The second kappa shape index (κ2) is 5.29. The van der Waals surface area contributed by atoms with E-state index in [-0.39, 0.29) is 18.5 Å². The highest BCUT2D eigenvalue weighted by Gasteiger charge is 2.19. The number of anilines is 2. The molecule has 92 valence electrons. The summed E-state index contributed by atoms with van der Waals surface area (Å²) in [6, 6.07) is 0. The zero-order valence-electron chi connectivity index (χ0n) is 9.41. The predicted molar refractivity (Wildman–Crippen MR) is 61.6 cm³/mol. The second-order valence-electron chi connectivity index (χ2n) is 3.64. The van der Waals surface area contributed by atoms with E-state index < -0.39 is 6.43 Å². The van der Waals surface area contributed by atoms with E-state index in [4.69, 9.17) is 10.5 Å². The fourth-order valence-electron chi connectivity index (χ4n) is 1.16. The maximum atomic E-state index is 12.2. The number of hydrogen-bond donors (Lipinski definition) is 1. The number of aromatic nitrogens is 1. The summed E-state index contributed by atoms with van der Waals surface area (Å²) in [7, 11) is 1.56. The molecule has 0 saturated heterocycles. The minimum Gasteiger partial charge on any atom is -0.484 e. The first kappa shape index (κ1) is 13.0. The van der Waals surface area contributed by atoms with Crippen LogP contribution in [0.3, 0.4) is 0 Å². The van der Waals surface area contributed by atoms with Gasteiger partial charge < -0.3 is 15.4 Å². The molecule has 1 aromatic rings. The molecule has 0 aliphatic heterocycles. The van der Waals surface area contributed by atoms with E-state index in [1.807, 2.05) is 13.8 Å². The number of nitrogen functional groups attached to an aromatic ring is 1. The Labute approximate surface area is 97.2 Å². The van der Waals surface area contributed by atoms with Crippen LogP contribution < -0.4 is 15.4 Å². The normalized spacial score (nSPS) is 11.2. The Hall–Kier alpha value is -1.11. The molecule has 0 spiro atoms. The van der Waals surface area contributed by atoms with Crippen molar-refractivity contribution in [3.8, 4) is 5.75 Å². The molecule has 0 unspecified atom stereocenters. The van der Waals surface area contributed by atoms with E-state index in [2.05, 4.69) is 4.37 Å². The molecule has 1 aromatic heterocycles. The third-order valence-electron chi connectivity index (χ3n) is 1.77. The van der Waals surface area contributed by atoms with Crippen molar-refractivity contribution < 1.29 is 13.5 Å². The van der Waals surface area contributed by atoms with Crippen LogP contribution in [-0.2, 0) is 0 Å². The van der Waals surface area contributed by atoms with Gasteiger partial charge in [-0.2, -0.15) is 4.37 Å². The van der Waals surface area contributed by atoms with Gasteiger partial charge in [0, 0.05) is 7.05 Å². The molecule has 4 nitrogen and oxygen atoms in total. The summed E-state index contributed by atoms with van der Waals surface area (Å²) in [6.45, 7) is 3.32. The van der Waals surface area contributed by atoms with Crippen LogP contribution >= 0.6 is 11.5 Å². The number of rotatable bonds is 5. The lowest BCUT2D eigenvalue weighted by atomic mass is 10.4. The summed E-state index contributed by atoms with van der Waals surface area (Å²) < 4.78 is 33.8. The third-order valence-corrected chi connectivity index (χ3v) is 2.73. The largest absolute Gasteiger partial charge is 0.484 e. The fourth-order valence-corrected chi connectivity index (χ4v) is 1.88. The van der Waals surface area contributed by atoms with Crippen LogP contribution in [0, 0.1) is 0 Å². The molecule has 1 rings (SSSR count). The van der Waals surface area contributed by atoms with Gasteiger partial charge in [-0.05, 0) is 25.4 Å². The van der Waals surface area contributed by atoms with Crippen molar-refractivity contribution in [2.24, 2.45) is 0 Å². The Morgan fingerprint density at radius 3 is 2.62 bits per heavy atom. The monoisotopic (exact) mass is 251 g/mol. The minimum absolute atomic E-state index is 0.0719. The summed E-state index contributed by atoms with van der Waals surface area (Å²) in [4.78, 5) is 1.40. The molecule has 0 saturated carbocycles. The topological polar surface area (TPSA) is 51.4 Å². The quantitative estimate of drug-likeness (QED) is 0.871. The molecular weight excluding hydrogens is 236 g/mol.